The van der Waals surface area contributed by atoms with Crippen LogP contribution >= 0.6 is 0 Å². The normalized spacial score (nSPS) is 14.1. The molecule has 4 heterocycles. The SMILES string of the molecule is COc1ccc2c(Nc3cnccn3)nn(-c3ccnc(N4CCN(C(=O)OC(C)(C)C)CC4)c3)c2c1. The molecule has 0 bridgehead atoms. The second kappa shape index (κ2) is 9.92. The Balaban J connectivity index is 1.41. The second-order valence-electron chi connectivity index (χ2n) is 9.69. The molecule has 11 nitrogen and oxygen atoms in total. The molecule has 5 rings (SSSR count). The highest BCUT2D eigenvalue weighted by atomic mass is 16.6. The van der Waals surface area contributed by atoms with Crippen LogP contribution in [-0.4, -0.2) is 74.6 Å². The van der Waals surface area contributed by atoms with E-state index in [1.54, 1.807) is 36.8 Å². The number of ether oxygens (including phenoxy) is 2. The first-order valence-electron chi connectivity index (χ1n) is 12.1. The van der Waals surface area contributed by atoms with Crippen LogP contribution in [0.25, 0.3) is 16.6 Å². The summed E-state index contributed by atoms with van der Waals surface area (Å²) in [5.41, 5.74) is 1.21. The first kappa shape index (κ1) is 24.3. The molecule has 0 spiro atoms. The number of fused-ring (bicyclic) bond motifs is 1. The van der Waals surface area contributed by atoms with Crippen molar-refractivity contribution < 1.29 is 14.3 Å². The molecule has 3 aromatic heterocycles. The summed E-state index contributed by atoms with van der Waals surface area (Å²) in [6.45, 7) is 8.06. The number of piperazine rings is 1. The fraction of sp³-hybridized carbons (Fsp3) is 0.346. The van der Waals surface area contributed by atoms with Gasteiger partial charge in [-0.25, -0.2) is 19.4 Å². The van der Waals surface area contributed by atoms with Crippen LogP contribution in [0.4, 0.5) is 22.2 Å². The van der Waals surface area contributed by atoms with Gasteiger partial charge in [0.05, 0.1) is 24.5 Å². The highest BCUT2D eigenvalue weighted by Crippen LogP contribution is 2.31. The zero-order valence-electron chi connectivity index (χ0n) is 21.4. The predicted octanol–water partition coefficient (Wildman–Crippen LogP) is 4.02. The molecule has 1 aliphatic rings. The maximum atomic E-state index is 12.4. The van der Waals surface area contributed by atoms with E-state index >= 15 is 0 Å². The summed E-state index contributed by atoms with van der Waals surface area (Å²) in [7, 11) is 1.64. The van der Waals surface area contributed by atoms with Crippen molar-refractivity contribution in [1.82, 2.24) is 29.6 Å². The van der Waals surface area contributed by atoms with E-state index in [-0.39, 0.29) is 6.09 Å². The van der Waals surface area contributed by atoms with Crippen molar-refractivity contribution in [3.05, 3.63) is 55.1 Å². The number of hydrogen-bond donors (Lipinski definition) is 1. The molecule has 1 N–H and O–H groups in total. The summed E-state index contributed by atoms with van der Waals surface area (Å²) in [6, 6.07) is 9.73. The minimum Gasteiger partial charge on any atom is -0.497 e. The third kappa shape index (κ3) is 5.40. The number of benzene rings is 1. The van der Waals surface area contributed by atoms with Crippen LogP contribution in [0, 0.1) is 0 Å². The van der Waals surface area contributed by atoms with E-state index < -0.39 is 5.60 Å². The van der Waals surface area contributed by atoms with Crippen molar-refractivity contribution in [3.63, 3.8) is 0 Å². The van der Waals surface area contributed by atoms with Crippen molar-refractivity contribution in [2.24, 2.45) is 0 Å². The average molecular weight is 503 g/mol. The van der Waals surface area contributed by atoms with Crippen molar-refractivity contribution in [2.75, 3.05) is 43.5 Å². The molecule has 37 heavy (non-hydrogen) atoms. The fourth-order valence-corrected chi connectivity index (χ4v) is 4.15. The summed E-state index contributed by atoms with van der Waals surface area (Å²) in [4.78, 5) is 29.4. The number of nitrogens with one attached hydrogen (secondary N) is 1. The first-order chi connectivity index (χ1) is 17.8. The van der Waals surface area contributed by atoms with Gasteiger partial charge in [-0.05, 0) is 39.0 Å². The number of anilines is 3. The van der Waals surface area contributed by atoms with Crippen LogP contribution in [0.2, 0.25) is 0 Å². The molecule has 0 unspecified atom stereocenters. The van der Waals surface area contributed by atoms with E-state index in [0.717, 1.165) is 28.2 Å². The Morgan fingerprint density at radius 1 is 1.00 bits per heavy atom. The van der Waals surface area contributed by atoms with Crippen LogP contribution in [0.3, 0.4) is 0 Å². The topological polar surface area (TPSA) is 111 Å². The lowest BCUT2D eigenvalue weighted by molar-refractivity contribution is 0.0240. The van der Waals surface area contributed by atoms with Crippen LogP contribution in [0.1, 0.15) is 20.8 Å². The number of nitrogens with zero attached hydrogens (tertiary/aromatic N) is 7. The molecule has 1 amide bonds. The summed E-state index contributed by atoms with van der Waals surface area (Å²) in [5, 5.41) is 9.03. The molecule has 0 saturated carbocycles. The number of hydrogen-bond acceptors (Lipinski definition) is 9. The molecular formula is C26H30N8O3. The van der Waals surface area contributed by atoms with E-state index in [1.165, 1.54) is 0 Å². The summed E-state index contributed by atoms with van der Waals surface area (Å²) < 4.78 is 12.8. The van der Waals surface area contributed by atoms with Gasteiger partial charge in [-0.2, -0.15) is 0 Å². The second-order valence-corrected chi connectivity index (χ2v) is 9.69. The molecule has 0 radical (unpaired) electrons. The van der Waals surface area contributed by atoms with Gasteiger partial charge in [-0.15, -0.1) is 5.10 Å². The Hall–Kier alpha value is -4.41. The van der Waals surface area contributed by atoms with Gasteiger partial charge < -0.3 is 24.6 Å². The van der Waals surface area contributed by atoms with Gasteiger partial charge in [0.1, 0.15) is 23.0 Å². The van der Waals surface area contributed by atoms with Gasteiger partial charge in [0, 0.05) is 62.3 Å². The van der Waals surface area contributed by atoms with E-state index in [1.807, 2.05) is 55.8 Å². The maximum absolute atomic E-state index is 12.4. The van der Waals surface area contributed by atoms with Crippen LogP contribution < -0.4 is 15.0 Å². The van der Waals surface area contributed by atoms with Gasteiger partial charge in [0.25, 0.3) is 0 Å². The zero-order chi connectivity index (χ0) is 26.0. The Kier molecular flexibility index (Phi) is 6.51. The minimum absolute atomic E-state index is 0.283. The van der Waals surface area contributed by atoms with E-state index in [9.17, 15) is 4.79 Å². The highest BCUT2D eigenvalue weighted by Gasteiger charge is 2.26. The molecule has 11 heteroatoms. The third-order valence-corrected chi connectivity index (χ3v) is 5.93. The lowest BCUT2D eigenvalue weighted by atomic mass is 10.2. The molecule has 4 aromatic rings. The van der Waals surface area contributed by atoms with E-state index in [4.69, 9.17) is 14.6 Å². The number of methoxy groups -OCH3 is 1. The minimum atomic E-state index is -0.514. The number of rotatable bonds is 5. The molecule has 1 saturated heterocycles. The summed E-state index contributed by atoms with van der Waals surface area (Å²) in [5.74, 6) is 2.80. The molecule has 1 aromatic carbocycles. The number of amides is 1. The lowest BCUT2D eigenvalue weighted by Crippen LogP contribution is -2.50. The van der Waals surface area contributed by atoms with Crippen molar-refractivity contribution in [3.8, 4) is 11.4 Å². The quantitative estimate of drug-likeness (QED) is 0.433. The monoisotopic (exact) mass is 502 g/mol. The van der Waals surface area contributed by atoms with Crippen molar-refractivity contribution in [1.29, 1.82) is 0 Å². The van der Waals surface area contributed by atoms with Crippen LogP contribution in [0.5, 0.6) is 5.75 Å². The zero-order valence-corrected chi connectivity index (χ0v) is 21.4. The van der Waals surface area contributed by atoms with Crippen molar-refractivity contribution in [2.45, 2.75) is 26.4 Å². The Bertz CT molecular complexity index is 1390. The van der Waals surface area contributed by atoms with Gasteiger partial charge in [0.2, 0.25) is 0 Å². The van der Waals surface area contributed by atoms with Crippen LogP contribution in [0.15, 0.2) is 55.1 Å². The molecular weight excluding hydrogens is 472 g/mol. The summed E-state index contributed by atoms with van der Waals surface area (Å²) >= 11 is 0. The van der Waals surface area contributed by atoms with Gasteiger partial charge >= 0.3 is 6.09 Å². The molecule has 0 atom stereocenters. The van der Waals surface area contributed by atoms with E-state index in [2.05, 4.69) is 25.2 Å². The van der Waals surface area contributed by atoms with Crippen LogP contribution in [-0.2, 0) is 4.74 Å². The maximum Gasteiger partial charge on any atom is 0.410 e. The standard InChI is InChI=1S/C26H30N8O3/c1-26(2,3)37-25(35)33-13-11-32(12-14-33)23-15-18(7-8-29-23)34-21-16-19(36-4)5-6-20(21)24(31-34)30-22-17-27-9-10-28-22/h5-10,15-17H,11-14H2,1-4H3,(H,28,30,31). The molecule has 1 aliphatic heterocycles. The Morgan fingerprint density at radius 3 is 2.51 bits per heavy atom. The number of pyridine rings is 1. The highest BCUT2D eigenvalue weighted by molar-refractivity contribution is 5.93. The number of carbonyl (C=O) groups is 1. The molecule has 1 fully saturated rings. The van der Waals surface area contributed by atoms with E-state index in [0.29, 0.717) is 37.8 Å². The summed E-state index contributed by atoms with van der Waals surface area (Å²) in [6.07, 6.45) is 6.39. The fourth-order valence-electron chi connectivity index (χ4n) is 4.15. The van der Waals surface area contributed by atoms with Crippen molar-refractivity contribution >= 4 is 34.4 Å². The van der Waals surface area contributed by atoms with Gasteiger partial charge in [-0.3, -0.25) is 4.98 Å². The van der Waals surface area contributed by atoms with Gasteiger partial charge in [-0.1, -0.05) is 0 Å². The molecule has 0 aliphatic carbocycles. The number of aromatic nitrogens is 5. The largest absolute Gasteiger partial charge is 0.497 e. The predicted molar refractivity (Wildman–Crippen MR) is 141 cm³/mol. The average Bonchev–Trinajstić information content (AvgIpc) is 3.26. The lowest BCUT2D eigenvalue weighted by Gasteiger charge is -2.36. The molecule has 192 valence electrons. The smallest absolute Gasteiger partial charge is 0.410 e. The Morgan fingerprint density at radius 2 is 1.81 bits per heavy atom. The third-order valence-electron chi connectivity index (χ3n) is 5.93. The van der Waals surface area contributed by atoms with Gasteiger partial charge in [0.15, 0.2) is 5.82 Å². The first-order valence-corrected chi connectivity index (χ1v) is 12.1. The Labute approximate surface area is 215 Å². The number of carbonyl (C=O) groups excluding carboxylic acids is 1.